The van der Waals surface area contributed by atoms with Gasteiger partial charge in [0.1, 0.15) is 12.2 Å². The van der Waals surface area contributed by atoms with E-state index in [1.54, 1.807) is 17.2 Å². The molecule has 0 unspecified atom stereocenters. The molecule has 19 heavy (non-hydrogen) atoms. The van der Waals surface area contributed by atoms with E-state index in [0.29, 0.717) is 12.1 Å². The van der Waals surface area contributed by atoms with Crippen LogP contribution in [-0.4, -0.2) is 30.6 Å². The van der Waals surface area contributed by atoms with Crippen molar-refractivity contribution in [1.82, 2.24) is 24.6 Å². The van der Waals surface area contributed by atoms with Gasteiger partial charge in [0, 0.05) is 12.7 Å². The number of carbonyl (C=O) groups excluding carboxylic acids is 1. The fourth-order valence-electron chi connectivity index (χ4n) is 2.44. The largest absolute Gasteiger partial charge is 0.323 e. The van der Waals surface area contributed by atoms with Gasteiger partial charge in [-0.15, -0.1) is 0 Å². The molecule has 0 radical (unpaired) electrons. The lowest BCUT2D eigenvalue weighted by Crippen LogP contribution is -2.29. The highest BCUT2D eigenvalue weighted by molar-refractivity contribution is 5.97. The van der Waals surface area contributed by atoms with E-state index < -0.39 is 0 Å². The van der Waals surface area contributed by atoms with Gasteiger partial charge in [0.25, 0.3) is 5.91 Å². The van der Waals surface area contributed by atoms with Crippen molar-refractivity contribution in [3.05, 3.63) is 41.7 Å². The van der Waals surface area contributed by atoms with Gasteiger partial charge in [-0.1, -0.05) is 0 Å². The first-order valence-electron chi connectivity index (χ1n) is 6.35. The van der Waals surface area contributed by atoms with E-state index in [1.165, 1.54) is 6.33 Å². The van der Waals surface area contributed by atoms with Crippen LogP contribution < -0.4 is 0 Å². The van der Waals surface area contributed by atoms with Crippen molar-refractivity contribution in [3.8, 4) is 0 Å². The number of carbonyl (C=O) groups is 1. The monoisotopic (exact) mass is 257 g/mol. The van der Waals surface area contributed by atoms with Crippen LogP contribution in [0.3, 0.4) is 0 Å². The van der Waals surface area contributed by atoms with Crippen molar-refractivity contribution in [2.45, 2.75) is 33.0 Å². The van der Waals surface area contributed by atoms with Crippen LogP contribution in [0.15, 0.2) is 24.7 Å². The zero-order valence-corrected chi connectivity index (χ0v) is 10.9. The molecule has 1 amide bonds. The summed E-state index contributed by atoms with van der Waals surface area (Å²) >= 11 is 0. The third kappa shape index (κ3) is 1.80. The van der Waals surface area contributed by atoms with Gasteiger partial charge in [-0.05, 0) is 26.0 Å². The molecular weight excluding hydrogens is 242 g/mol. The Morgan fingerprint density at radius 1 is 1.42 bits per heavy atom. The van der Waals surface area contributed by atoms with Crippen LogP contribution in [0.1, 0.15) is 41.8 Å². The number of hydrogen-bond acceptors (Lipinski definition) is 4. The van der Waals surface area contributed by atoms with E-state index in [2.05, 4.69) is 15.1 Å². The molecule has 1 atom stereocenters. The molecule has 6 nitrogen and oxygen atoms in total. The van der Waals surface area contributed by atoms with Crippen LogP contribution >= 0.6 is 0 Å². The molecule has 2 aromatic rings. The van der Waals surface area contributed by atoms with Gasteiger partial charge < -0.3 is 4.90 Å². The summed E-state index contributed by atoms with van der Waals surface area (Å²) in [5.41, 5.74) is 1.53. The molecule has 0 spiro atoms. The van der Waals surface area contributed by atoms with Crippen molar-refractivity contribution >= 4 is 5.91 Å². The van der Waals surface area contributed by atoms with Crippen molar-refractivity contribution < 1.29 is 4.79 Å². The topological polar surface area (TPSA) is 63.9 Å². The summed E-state index contributed by atoms with van der Waals surface area (Å²) in [5, 5.41) is 4.15. The summed E-state index contributed by atoms with van der Waals surface area (Å²) in [6, 6.07) is 3.51. The first-order valence-corrected chi connectivity index (χ1v) is 6.35. The van der Waals surface area contributed by atoms with E-state index >= 15 is 0 Å². The molecular formula is C13H15N5O. The molecule has 98 valence electrons. The van der Waals surface area contributed by atoms with Gasteiger partial charge in [-0.3, -0.25) is 9.78 Å². The van der Waals surface area contributed by atoms with Crippen LogP contribution in [0.25, 0.3) is 0 Å². The summed E-state index contributed by atoms with van der Waals surface area (Å²) < 4.78 is 1.81. The number of rotatable bonds is 3. The predicted molar refractivity (Wildman–Crippen MR) is 68.2 cm³/mol. The van der Waals surface area contributed by atoms with E-state index in [9.17, 15) is 4.79 Å². The van der Waals surface area contributed by atoms with Crippen molar-refractivity contribution in [2.75, 3.05) is 0 Å². The zero-order valence-electron chi connectivity index (χ0n) is 10.9. The molecule has 0 aliphatic carbocycles. The van der Waals surface area contributed by atoms with Gasteiger partial charge in [-0.2, -0.15) is 5.10 Å². The summed E-state index contributed by atoms with van der Waals surface area (Å²) in [6.07, 6.45) is 3.25. The maximum atomic E-state index is 12.4. The highest BCUT2D eigenvalue weighted by atomic mass is 16.2. The molecule has 0 saturated heterocycles. The van der Waals surface area contributed by atoms with Gasteiger partial charge in [0.15, 0.2) is 0 Å². The summed E-state index contributed by atoms with van der Waals surface area (Å²) in [7, 11) is 0. The standard InChI is InChI=1S/C13H15N5O/c1-3-18-12(15-8-16-18)9(2)17-7-11-10(13(17)19)5-4-6-14-11/h4-6,8-9H,3,7H2,1-2H3/t9-/m0/s1. The molecule has 1 aliphatic rings. The Hall–Kier alpha value is -2.24. The Bertz CT molecular complexity index is 621. The van der Waals surface area contributed by atoms with Crippen LogP contribution in [-0.2, 0) is 13.1 Å². The predicted octanol–water partition coefficient (Wildman–Crippen LogP) is 1.41. The fraction of sp³-hybridized carbons (Fsp3) is 0.385. The zero-order chi connectivity index (χ0) is 13.4. The number of aryl methyl sites for hydroxylation is 1. The average Bonchev–Trinajstić information content (AvgIpc) is 3.03. The fourth-order valence-corrected chi connectivity index (χ4v) is 2.44. The first kappa shape index (κ1) is 11.8. The van der Waals surface area contributed by atoms with Gasteiger partial charge in [-0.25, -0.2) is 9.67 Å². The minimum absolute atomic E-state index is 0.0150. The van der Waals surface area contributed by atoms with Crippen LogP contribution in [0.5, 0.6) is 0 Å². The molecule has 6 heteroatoms. The Balaban J connectivity index is 1.91. The van der Waals surface area contributed by atoms with Gasteiger partial charge in [0.05, 0.1) is 23.8 Å². The lowest BCUT2D eigenvalue weighted by atomic mass is 10.2. The minimum Gasteiger partial charge on any atom is -0.323 e. The molecule has 3 rings (SSSR count). The number of aromatic nitrogens is 4. The number of amides is 1. The number of nitrogens with zero attached hydrogens (tertiary/aromatic N) is 5. The van der Waals surface area contributed by atoms with E-state index in [4.69, 9.17) is 0 Å². The number of pyridine rings is 1. The third-order valence-corrected chi connectivity index (χ3v) is 3.49. The highest BCUT2D eigenvalue weighted by Gasteiger charge is 2.33. The number of hydrogen-bond donors (Lipinski definition) is 0. The summed E-state index contributed by atoms with van der Waals surface area (Å²) in [6.45, 7) is 5.26. The lowest BCUT2D eigenvalue weighted by Gasteiger charge is -2.23. The minimum atomic E-state index is -0.107. The maximum Gasteiger partial charge on any atom is 0.256 e. The van der Waals surface area contributed by atoms with Crippen molar-refractivity contribution in [2.24, 2.45) is 0 Å². The Labute approximate surface area is 111 Å². The highest BCUT2D eigenvalue weighted by Crippen LogP contribution is 2.28. The second kappa shape index (κ2) is 4.46. The Kier molecular flexibility index (Phi) is 2.77. The Morgan fingerprint density at radius 2 is 2.26 bits per heavy atom. The van der Waals surface area contributed by atoms with E-state index in [1.807, 2.05) is 24.6 Å². The third-order valence-electron chi connectivity index (χ3n) is 3.49. The quantitative estimate of drug-likeness (QED) is 0.834. The maximum absolute atomic E-state index is 12.4. The van der Waals surface area contributed by atoms with Crippen molar-refractivity contribution in [3.63, 3.8) is 0 Å². The average molecular weight is 257 g/mol. The molecule has 0 aromatic carbocycles. The normalized spacial score (nSPS) is 15.7. The molecule has 0 fully saturated rings. The number of fused-ring (bicyclic) bond motifs is 1. The lowest BCUT2D eigenvalue weighted by molar-refractivity contribution is 0.0704. The first-order chi connectivity index (χ1) is 9.22. The molecule has 2 aromatic heterocycles. The van der Waals surface area contributed by atoms with Crippen LogP contribution in [0.2, 0.25) is 0 Å². The van der Waals surface area contributed by atoms with E-state index in [-0.39, 0.29) is 11.9 Å². The van der Waals surface area contributed by atoms with Gasteiger partial charge in [0.2, 0.25) is 0 Å². The van der Waals surface area contributed by atoms with Gasteiger partial charge >= 0.3 is 0 Å². The molecule has 0 saturated carbocycles. The molecule has 3 heterocycles. The molecule has 1 aliphatic heterocycles. The van der Waals surface area contributed by atoms with Crippen molar-refractivity contribution in [1.29, 1.82) is 0 Å². The second-order valence-corrected chi connectivity index (χ2v) is 4.54. The SMILES string of the molecule is CCn1ncnc1[C@H](C)N1Cc2ncccc2C1=O. The summed E-state index contributed by atoms with van der Waals surface area (Å²) in [5.74, 6) is 0.824. The smallest absolute Gasteiger partial charge is 0.256 e. The summed E-state index contributed by atoms with van der Waals surface area (Å²) in [4.78, 5) is 22.7. The Morgan fingerprint density at radius 3 is 3.00 bits per heavy atom. The molecule has 0 bridgehead atoms. The molecule has 0 N–H and O–H groups in total. The van der Waals surface area contributed by atoms with E-state index in [0.717, 1.165) is 18.1 Å². The van der Waals surface area contributed by atoms with Crippen LogP contribution in [0.4, 0.5) is 0 Å². The second-order valence-electron chi connectivity index (χ2n) is 4.54. The van der Waals surface area contributed by atoms with Crippen LogP contribution in [0, 0.1) is 0 Å².